The molecule has 0 bridgehead atoms. The zero-order valence-corrected chi connectivity index (χ0v) is 28.6. The zero-order valence-electron chi connectivity index (χ0n) is 28.6. The van der Waals surface area contributed by atoms with E-state index in [1.165, 1.54) is 84.3 Å². The summed E-state index contributed by atoms with van der Waals surface area (Å²) in [5.74, 6) is 0. The molecule has 3 aliphatic rings. The average Bonchev–Trinajstić information content (AvgIpc) is 2.87. The molecule has 3 fully saturated rings. The van der Waals surface area contributed by atoms with Crippen molar-refractivity contribution < 1.29 is 8.97 Å². The minimum Gasteiger partial charge on any atom is -0.328 e. The highest BCUT2D eigenvalue weighted by Crippen LogP contribution is 2.18. The van der Waals surface area contributed by atoms with Gasteiger partial charge >= 0.3 is 0 Å². The molecule has 3 aliphatic heterocycles. The van der Waals surface area contributed by atoms with Crippen molar-refractivity contribution in [3.05, 3.63) is 0 Å². The maximum absolute atomic E-state index is 2.55. The molecule has 0 saturated carbocycles. The van der Waals surface area contributed by atoms with E-state index in [9.17, 15) is 0 Å². The predicted molar refractivity (Wildman–Crippen MR) is 169 cm³/mol. The molecule has 6 heteroatoms. The van der Waals surface area contributed by atoms with E-state index in [2.05, 4.69) is 97.0 Å². The van der Waals surface area contributed by atoms with Crippen LogP contribution in [0.1, 0.15) is 73.1 Å². The van der Waals surface area contributed by atoms with Gasteiger partial charge < -0.3 is 28.6 Å². The maximum atomic E-state index is 2.55. The van der Waals surface area contributed by atoms with Gasteiger partial charge in [0.05, 0.1) is 54.4 Å². The van der Waals surface area contributed by atoms with Gasteiger partial charge in [-0.15, -0.1) is 0 Å². The number of hydrogen-bond acceptors (Lipinski definition) is 4. The van der Waals surface area contributed by atoms with Crippen LogP contribution in [0.25, 0.3) is 0 Å². The lowest BCUT2D eigenvalue weighted by Crippen LogP contribution is -2.51. The molecule has 3 rings (SSSR count). The van der Waals surface area contributed by atoms with E-state index in [1.54, 1.807) is 0 Å². The molecule has 0 radical (unpaired) electrons. The fraction of sp³-hybridized carbons (Fsp3) is 1.00. The van der Waals surface area contributed by atoms with Crippen molar-refractivity contribution in [2.75, 3.05) is 116 Å². The molecule has 6 nitrogen and oxygen atoms in total. The second kappa shape index (κ2) is 20.6. The van der Waals surface area contributed by atoms with Gasteiger partial charge in [0.15, 0.2) is 0 Å². The first-order chi connectivity index (χ1) is 17.2. The quantitative estimate of drug-likeness (QED) is 0.490. The summed E-state index contributed by atoms with van der Waals surface area (Å²) in [6.45, 7) is 19.2. The molecule has 0 spiro atoms. The molecule has 3 heterocycles. The van der Waals surface area contributed by atoms with Crippen LogP contribution in [0.2, 0.25) is 0 Å². The van der Waals surface area contributed by atoms with Crippen LogP contribution < -0.4 is 0 Å². The number of piperidine rings is 3. The number of likely N-dealkylation sites (tertiary alicyclic amines) is 3. The first-order valence-electron chi connectivity index (χ1n) is 15.6. The van der Waals surface area contributed by atoms with Crippen LogP contribution in [0.5, 0.6) is 0 Å². The molecule has 0 N–H and O–H groups in total. The number of rotatable bonds is 4. The summed E-state index contributed by atoms with van der Waals surface area (Å²) in [7, 11) is 22.6. The summed E-state index contributed by atoms with van der Waals surface area (Å²) in [6, 6.07) is 2.59. The Morgan fingerprint density at radius 1 is 0.568 bits per heavy atom. The lowest BCUT2D eigenvalue weighted by atomic mass is 10.0. The highest BCUT2D eigenvalue weighted by Gasteiger charge is 2.28. The van der Waals surface area contributed by atoms with Crippen molar-refractivity contribution in [2.24, 2.45) is 0 Å². The normalized spacial score (nSPS) is 21.4. The zero-order chi connectivity index (χ0) is 29.2. The molecule has 226 valence electrons. The van der Waals surface area contributed by atoms with Gasteiger partial charge in [0.1, 0.15) is 0 Å². The first-order valence-corrected chi connectivity index (χ1v) is 15.6. The van der Waals surface area contributed by atoms with Crippen LogP contribution in [-0.2, 0) is 0 Å². The first kappa shape index (κ1) is 38.9. The summed E-state index contributed by atoms with van der Waals surface area (Å²) < 4.78 is 2.27. The smallest absolute Gasteiger partial charge is 0.0908 e. The molecule has 0 aromatic rings. The standard InChI is InChI=1S/C10H23N2.C9H21N2.C8H18N2.2C2H6/c1-5-11-8-6-10(7-9-11)12(2,3)4;1-10-7-5-9(6-8-10)11(2,3)4;1-9(2)8-4-6-10(3)7-5-8;2*1-2/h10H,5-9H2,1-4H3;9H,5-8H2,1-4H3;8H,4-7H2,1-3H3;2*1-2H3/q2*+1;;;. The second-order valence-electron chi connectivity index (χ2n) is 12.9. The van der Waals surface area contributed by atoms with E-state index < -0.39 is 0 Å². The van der Waals surface area contributed by atoms with Gasteiger partial charge in [0.2, 0.25) is 0 Å². The van der Waals surface area contributed by atoms with Crippen molar-refractivity contribution in [3.63, 3.8) is 0 Å². The molecule has 0 aromatic carbocycles. The fourth-order valence-corrected chi connectivity index (χ4v) is 5.29. The monoisotopic (exact) mass is 531 g/mol. The summed E-state index contributed by atoms with van der Waals surface area (Å²) in [5.41, 5.74) is 0. The molecule has 0 amide bonds. The van der Waals surface area contributed by atoms with Crippen molar-refractivity contribution in [1.82, 2.24) is 19.6 Å². The maximum Gasteiger partial charge on any atom is 0.0908 e. The third kappa shape index (κ3) is 17.9. The van der Waals surface area contributed by atoms with E-state index in [0.29, 0.717) is 0 Å². The van der Waals surface area contributed by atoms with Gasteiger partial charge in [0, 0.05) is 57.9 Å². The van der Waals surface area contributed by atoms with Crippen LogP contribution in [-0.4, -0.2) is 163 Å². The van der Waals surface area contributed by atoms with E-state index in [-0.39, 0.29) is 0 Å². The molecule has 3 saturated heterocycles. The van der Waals surface area contributed by atoms with Crippen molar-refractivity contribution in [1.29, 1.82) is 0 Å². The van der Waals surface area contributed by atoms with Crippen molar-refractivity contribution in [2.45, 2.75) is 91.3 Å². The Morgan fingerprint density at radius 2 is 0.865 bits per heavy atom. The molecule has 37 heavy (non-hydrogen) atoms. The summed E-state index contributed by atoms with van der Waals surface area (Å²) >= 11 is 0. The number of hydrogen-bond donors (Lipinski definition) is 0. The minimum atomic E-state index is 0.830. The van der Waals surface area contributed by atoms with Crippen LogP contribution in [0.15, 0.2) is 0 Å². The predicted octanol–water partition coefficient (Wildman–Crippen LogP) is 4.66. The van der Waals surface area contributed by atoms with Gasteiger partial charge in [-0.25, -0.2) is 0 Å². The number of nitrogens with zero attached hydrogens (tertiary/aromatic N) is 6. The molecule has 0 unspecified atom stereocenters. The third-order valence-corrected chi connectivity index (χ3v) is 8.30. The highest BCUT2D eigenvalue weighted by atomic mass is 15.3. The third-order valence-electron chi connectivity index (χ3n) is 8.30. The molecular formula is C31H74N6+2. The van der Waals surface area contributed by atoms with Crippen molar-refractivity contribution in [3.8, 4) is 0 Å². The van der Waals surface area contributed by atoms with Gasteiger partial charge in [0.25, 0.3) is 0 Å². The Labute approximate surface area is 236 Å². The topological polar surface area (TPSA) is 13.0 Å². The van der Waals surface area contributed by atoms with Crippen molar-refractivity contribution >= 4 is 0 Å². The minimum absolute atomic E-state index is 0.830. The molecule has 0 atom stereocenters. The Kier molecular flexibility index (Phi) is 21.7. The van der Waals surface area contributed by atoms with Crippen LogP contribution in [0, 0.1) is 0 Å². The van der Waals surface area contributed by atoms with Crippen LogP contribution in [0.4, 0.5) is 0 Å². The van der Waals surface area contributed by atoms with E-state index >= 15 is 0 Å². The van der Waals surface area contributed by atoms with Crippen LogP contribution >= 0.6 is 0 Å². The summed E-state index contributed by atoms with van der Waals surface area (Å²) in [6.07, 6.45) is 8.14. The van der Waals surface area contributed by atoms with Gasteiger partial charge in [-0.05, 0) is 60.7 Å². The largest absolute Gasteiger partial charge is 0.328 e. The Bertz CT molecular complexity index is 487. The van der Waals surface area contributed by atoms with E-state index in [0.717, 1.165) is 27.1 Å². The average molecular weight is 531 g/mol. The molecule has 0 aliphatic carbocycles. The van der Waals surface area contributed by atoms with Gasteiger partial charge in [-0.3, -0.25) is 0 Å². The highest BCUT2D eigenvalue weighted by molar-refractivity contribution is 4.74. The molecular weight excluding hydrogens is 456 g/mol. The summed E-state index contributed by atoms with van der Waals surface area (Å²) in [5, 5.41) is 0. The van der Waals surface area contributed by atoms with Gasteiger partial charge in [-0.2, -0.15) is 0 Å². The molecule has 0 aromatic heterocycles. The second-order valence-corrected chi connectivity index (χ2v) is 12.9. The summed E-state index contributed by atoms with van der Waals surface area (Å²) in [4.78, 5) is 9.71. The van der Waals surface area contributed by atoms with E-state index in [1.807, 2.05) is 27.7 Å². The number of quaternary nitrogens is 2. The van der Waals surface area contributed by atoms with Crippen LogP contribution in [0.3, 0.4) is 0 Å². The van der Waals surface area contributed by atoms with Gasteiger partial charge in [-0.1, -0.05) is 34.6 Å². The Morgan fingerprint density at radius 3 is 1.14 bits per heavy atom. The Balaban J connectivity index is 0. The Hall–Kier alpha value is -0.240. The SMILES string of the molecule is CC.CC.CCN1CCC([N+](C)(C)C)CC1.CN1CCC(N(C)C)CC1.CN1CCC([N+](C)(C)C)CC1. The lowest BCUT2D eigenvalue weighted by Gasteiger charge is -2.39. The lowest BCUT2D eigenvalue weighted by molar-refractivity contribution is -0.897. The fourth-order valence-electron chi connectivity index (χ4n) is 5.29. The van der Waals surface area contributed by atoms with E-state index in [4.69, 9.17) is 0 Å².